The first-order valence-electron chi connectivity index (χ1n) is 5.82. The molecule has 100 valence electrons. The van der Waals surface area contributed by atoms with E-state index < -0.39 is 11.6 Å². The lowest BCUT2D eigenvalue weighted by atomic mass is 10.2. The molecule has 5 heteroatoms. The Morgan fingerprint density at radius 1 is 1.39 bits per heavy atom. The van der Waals surface area contributed by atoms with Crippen molar-refractivity contribution in [3.8, 4) is 0 Å². The second kappa shape index (κ2) is 5.25. The first-order chi connectivity index (χ1) is 8.19. The van der Waals surface area contributed by atoms with Crippen LogP contribution in [-0.2, 0) is 16.0 Å². The van der Waals surface area contributed by atoms with E-state index in [2.05, 4.69) is 4.98 Å². The van der Waals surface area contributed by atoms with Crippen LogP contribution >= 0.6 is 0 Å². The highest BCUT2D eigenvalue weighted by Gasteiger charge is 2.17. The van der Waals surface area contributed by atoms with E-state index in [1.807, 2.05) is 20.8 Å². The quantitative estimate of drug-likeness (QED) is 0.807. The van der Waals surface area contributed by atoms with Gasteiger partial charge in [0.2, 0.25) is 0 Å². The van der Waals surface area contributed by atoms with Gasteiger partial charge in [0.1, 0.15) is 11.3 Å². The summed E-state index contributed by atoms with van der Waals surface area (Å²) in [6.07, 6.45) is 0.680. The lowest BCUT2D eigenvalue weighted by Gasteiger charge is -2.19. The van der Waals surface area contributed by atoms with E-state index in [1.54, 1.807) is 13.0 Å². The summed E-state index contributed by atoms with van der Waals surface area (Å²) in [5, 5.41) is 8.89. The number of carbonyl (C=O) groups excluding carboxylic acids is 1. The van der Waals surface area contributed by atoms with Gasteiger partial charge in [-0.1, -0.05) is 0 Å². The van der Waals surface area contributed by atoms with Crippen molar-refractivity contribution in [3.63, 3.8) is 0 Å². The maximum atomic E-state index is 11.5. The Balaban J connectivity index is 2.57. The molecule has 1 aromatic rings. The summed E-state index contributed by atoms with van der Waals surface area (Å²) in [5.74, 6) is -1.28. The molecule has 0 radical (unpaired) electrons. The van der Waals surface area contributed by atoms with Crippen LogP contribution in [0.1, 0.15) is 48.9 Å². The average molecular weight is 253 g/mol. The predicted molar refractivity (Wildman–Crippen MR) is 66.7 cm³/mol. The molecule has 0 saturated carbocycles. The minimum Gasteiger partial charge on any atom is -0.477 e. The number of aromatic carboxylic acids is 1. The Morgan fingerprint density at radius 2 is 2.00 bits per heavy atom. The van der Waals surface area contributed by atoms with Gasteiger partial charge >= 0.3 is 11.9 Å². The first kappa shape index (κ1) is 14.3. The standard InChI is InChI=1S/C13H19NO4/c1-8-7-9(14-11(8)12(16)17)5-6-10(15)18-13(2,3)4/h7,14H,5-6H2,1-4H3,(H,16,17). The second-order valence-corrected chi connectivity index (χ2v) is 5.24. The number of esters is 1. The summed E-state index contributed by atoms with van der Waals surface area (Å²) in [6.45, 7) is 7.15. The number of H-pyrrole nitrogens is 1. The van der Waals surface area contributed by atoms with Crippen molar-refractivity contribution >= 4 is 11.9 Å². The molecule has 0 aliphatic carbocycles. The third kappa shape index (κ3) is 4.24. The van der Waals surface area contributed by atoms with Crippen molar-refractivity contribution in [2.45, 2.75) is 46.1 Å². The Hall–Kier alpha value is -1.78. The fourth-order valence-electron chi connectivity index (χ4n) is 1.61. The van der Waals surface area contributed by atoms with Gasteiger partial charge in [0.05, 0.1) is 6.42 Å². The van der Waals surface area contributed by atoms with Gasteiger partial charge < -0.3 is 14.8 Å². The van der Waals surface area contributed by atoms with Crippen LogP contribution in [0.4, 0.5) is 0 Å². The van der Waals surface area contributed by atoms with Crippen molar-refractivity contribution in [3.05, 3.63) is 23.0 Å². The fraction of sp³-hybridized carbons (Fsp3) is 0.538. The van der Waals surface area contributed by atoms with Gasteiger partial charge in [-0.15, -0.1) is 0 Å². The number of aryl methyl sites for hydroxylation is 2. The van der Waals surface area contributed by atoms with Gasteiger partial charge in [-0.2, -0.15) is 0 Å². The summed E-state index contributed by atoms with van der Waals surface area (Å²) >= 11 is 0. The number of carbonyl (C=O) groups is 2. The number of hydrogen-bond acceptors (Lipinski definition) is 3. The molecule has 1 heterocycles. The topological polar surface area (TPSA) is 79.4 Å². The van der Waals surface area contributed by atoms with Crippen molar-refractivity contribution < 1.29 is 19.4 Å². The predicted octanol–water partition coefficient (Wildman–Crippen LogP) is 2.30. The molecule has 0 fully saturated rings. The second-order valence-electron chi connectivity index (χ2n) is 5.24. The number of nitrogens with one attached hydrogen (secondary N) is 1. The molecule has 0 amide bonds. The van der Waals surface area contributed by atoms with E-state index >= 15 is 0 Å². The Morgan fingerprint density at radius 3 is 2.44 bits per heavy atom. The number of ether oxygens (including phenoxy) is 1. The Labute approximate surface area is 106 Å². The molecule has 1 rings (SSSR count). The molecule has 5 nitrogen and oxygen atoms in total. The van der Waals surface area contributed by atoms with E-state index in [1.165, 1.54) is 0 Å². The zero-order valence-corrected chi connectivity index (χ0v) is 11.2. The van der Waals surface area contributed by atoms with Crippen LogP contribution in [0, 0.1) is 6.92 Å². The van der Waals surface area contributed by atoms with Gasteiger partial charge in [-0.3, -0.25) is 4.79 Å². The maximum Gasteiger partial charge on any atom is 0.352 e. The van der Waals surface area contributed by atoms with Crippen molar-refractivity contribution in [1.29, 1.82) is 0 Å². The summed E-state index contributed by atoms with van der Waals surface area (Å²) in [7, 11) is 0. The molecule has 0 aromatic carbocycles. The molecule has 0 bridgehead atoms. The number of carboxylic acid groups (broad SMARTS) is 1. The molecule has 18 heavy (non-hydrogen) atoms. The van der Waals surface area contributed by atoms with Gasteiger partial charge in [0.25, 0.3) is 0 Å². The minimum atomic E-state index is -0.990. The fourth-order valence-corrected chi connectivity index (χ4v) is 1.61. The molecule has 0 aliphatic heterocycles. The highest BCUT2D eigenvalue weighted by molar-refractivity contribution is 5.87. The smallest absolute Gasteiger partial charge is 0.352 e. The van der Waals surface area contributed by atoms with E-state index in [9.17, 15) is 9.59 Å². The van der Waals surface area contributed by atoms with Crippen molar-refractivity contribution in [2.24, 2.45) is 0 Å². The molecule has 0 saturated heterocycles. The summed E-state index contributed by atoms with van der Waals surface area (Å²) in [5.41, 5.74) is 1.08. The largest absolute Gasteiger partial charge is 0.477 e. The Bertz CT molecular complexity index is 454. The zero-order valence-electron chi connectivity index (χ0n) is 11.2. The first-order valence-corrected chi connectivity index (χ1v) is 5.82. The Kier molecular flexibility index (Phi) is 4.16. The van der Waals surface area contributed by atoms with E-state index in [4.69, 9.17) is 9.84 Å². The lowest BCUT2D eigenvalue weighted by molar-refractivity contribution is -0.154. The molecule has 0 atom stereocenters. The van der Waals surface area contributed by atoms with E-state index in [-0.39, 0.29) is 18.1 Å². The monoisotopic (exact) mass is 253 g/mol. The molecular formula is C13H19NO4. The van der Waals surface area contributed by atoms with Gasteiger partial charge in [0, 0.05) is 5.69 Å². The maximum absolute atomic E-state index is 11.5. The normalized spacial score (nSPS) is 11.3. The number of aromatic nitrogens is 1. The SMILES string of the molecule is Cc1cc(CCC(=O)OC(C)(C)C)[nH]c1C(=O)O. The summed E-state index contributed by atoms with van der Waals surface area (Å²) in [6, 6.07) is 1.74. The number of hydrogen-bond donors (Lipinski definition) is 2. The van der Waals surface area contributed by atoms with E-state index in [0.29, 0.717) is 12.0 Å². The molecule has 2 N–H and O–H groups in total. The minimum absolute atomic E-state index is 0.175. The van der Waals surface area contributed by atoms with Gasteiger partial charge in [-0.25, -0.2) is 4.79 Å². The number of carboxylic acids is 1. The molecule has 1 aromatic heterocycles. The number of aromatic amines is 1. The highest BCUT2D eigenvalue weighted by Crippen LogP contribution is 2.13. The number of rotatable bonds is 4. The summed E-state index contributed by atoms with van der Waals surface area (Å²) < 4.78 is 5.17. The van der Waals surface area contributed by atoms with Crippen LogP contribution in [0.2, 0.25) is 0 Å². The van der Waals surface area contributed by atoms with Gasteiger partial charge in [0.15, 0.2) is 0 Å². The third-order valence-corrected chi connectivity index (χ3v) is 2.30. The molecule has 0 unspecified atom stereocenters. The van der Waals surface area contributed by atoms with Gasteiger partial charge in [-0.05, 0) is 45.7 Å². The van der Waals surface area contributed by atoms with Crippen LogP contribution in [0.25, 0.3) is 0 Å². The lowest BCUT2D eigenvalue weighted by Crippen LogP contribution is -2.24. The van der Waals surface area contributed by atoms with Crippen LogP contribution in [0.3, 0.4) is 0 Å². The molecule has 0 spiro atoms. The van der Waals surface area contributed by atoms with E-state index in [0.717, 1.165) is 5.69 Å². The highest BCUT2D eigenvalue weighted by atomic mass is 16.6. The third-order valence-electron chi connectivity index (χ3n) is 2.30. The van der Waals surface area contributed by atoms with Crippen LogP contribution in [0.5, 0.6) is 0 Å². The molecule has 0 aliphatic rings. The van der Waals surface area contributed by atoms with Crippen LogP contribution in [-0.4, -0.2) is 27.6 Å². The summed E-state index contributed by atoms with van der Waals surface area (Å²) in [4.78, 5) is 25.1. The van der Waals surface area contributed by atoms with Crippen molar-refractivity contribution in [1.82, 2.24) is 4.98 Å². The molecular weight excluding hydrogens is 234 g/mol. The van der Waals surface area contributed by atoms with Crippen LogP contribution < -0.4 is 0 Å². The van der Waals surface area contributed by atoms with Crippen molar-refractivity contribution in [2.75, 3.05) is 0 Å². The average Bonchev–Trinajstić information content (AvgIpc) is 2.54. The van der Waals surface area contributed by atoms with Crippen LogP contribution in [0.15, 0.2) is 6.07 Å². The zero-order chi connectivity index (χ0) is 13.9.